The summed E-state index contributed by atoms with van der Waals surface area (Å²) in [6.45, 7) is 4.14. The number of rotatable bonds is 34. The van der Waals surface area contributed by atoms with Crippen molar-refractivity contribution in [2.45, 2.75) is 187 Å². The average molecular weight is 661 g/mol. The average Bonchev–Trinajstić information content (AvgIpc) is 3.06. The van der Waals surface area contributed by atoms with E-state index in [0.29, 0.717) is 25.7 Å². The Balaban J connectivity index is 3.62. The van der Waals surface area contributed by atoms with Gasteiger partial charge >= 0.3 is 11.9 Å². The Morgan fingerprint density at radius 2 is 1.00 bits per heavy atom. The molecule has 0 aliphatic heterocycles. The molecule has 0 aromatic heterocycles. The molecule has 0 bridgehead atoms. The number of hydrogen-bond donors (Lipinski definition) is 2. The Morgan fingerprint density at radius 3 is 1.57 bits per heavy atom. The van der Waals surface area contributed by atoms with Crippen LogP contribution in [0.2, 0.25) is 0 Å². The van der Waals surface area contributed by atoms with Gasteiger partial charge in [0.25, 0.3) is 0 Å². The van der Waals surface area contributed by atoms with E-state index < -0.39 is 12.2 Å². The highest BCUT2D eigenvalue weighted by molar-refractivity contribution is 5.69. The summed E-state index contributed by atoms with van der Waals surface area (Å²) >= 11 is 0. The van der Waals surface area contributed by atoms with Crippen molar-refractivity contribution < 1.29 is 29.3 Å². The van der Waals surface area contributed by atoms with Gasteiger partial charge in [-0.05, 0) is 44.9 Å². The molecule has 0 aromatic rings. The summed E-state index contributed by atoms with van der Waals surface area (Å²) in [7, 11) is 0. The fourth-order valence-corrected chi connectivity index (χ4v) is 5.16. The lowest BCUT2D eigenvalue weighted by Gasteiger charge is -2.12. The number of ether oxygens (including phenoxy) is 2. The minimum Gasteiger partial charge on any atom is -0.463 e. The summed E-state index contributed by atoms with van der Waals surface area (Å²) in [6, 6.07) is 0. The van der Waals surface area contributed by atoms with Crippen LogP contribution in [-0.2, 0) is 19.1 Å². The van der Waals surface area contributed by atoms with Crippen LogP contribution in [0.1, 0.15) is 174 Å². The lowest BCUT2D eigenvalue weighted by Crippen LogP contribution is -2.25. The highest BCUT2D eigenvalue weighted by Gasteiger charge is 2.12. The SMILES string of the molecule is CCCCC/C=C\C/C=C\CC(O)/C=C\C=C\CCCC(=O)OC[C@H](O)COC(=O)CCCCCCCCCCCCCCCCC. The third kappa shape index (κ3) is 36.5. The van der Waals surface area contributed by atoms with Crippen LogP contribution < -0.4 is 0 Å². The Hall–Kier alpha value is -2.18. The quantitative estimate of drug-likeness (QED) is 0.0309. The molecule has 6 nitrogen and oxygen atoms in total. The van der Waals surface area contributed by atoms with E-state index in [-0.39, 0.29) is 31.6 Å². The van der Waals surface area contributed by atoms with Crippen molar-refractivity contribution in [3.05, 3.63) is 48.6 Å². The first-order valence-electron chi connectivity index (χ1n) is 19.3. The summed E-state index contributed by atoms with van der Waals surface area (Å²) in [4.78, 5) is 23.9. The molecule has 0 saturated heterocycles. The largest absolute Gasteiger partial charge is 0.463 e. The predicted molar refractivity (Wildman–Crippen MR) is 197 cm³/mol. The number of allylic oxidation sites excluding steroid dienone is 6. The van der Waals surface area contributed by atoms with Crippen molar-refractivity contribution in [1.82, 2.24) is 0 Å². The van der Waals surface area contributed by atoms with Crippen molar-refractivity contribution >= 4 is 11.9 Å². The molecule has 0 amide bonds. The van der Waals surface area contributed by atoms with Crippen LogP contribution >= 0.6 is 0 Å². The standard InChI is InChI=1S/C41H72O6/c1-3-5-7-9-11-13-14-15-16-17-18-20-22-26-30-34-40(44)46-36-39(43)37-47-41(45)35-31-27-23-25-29-33-38(42)32-28-24-21-19-12-10-8-6-4-2/h12,19,23-25,28-29,33,38-39,42-43H,3-11,13-18,20-22,26-27,30-32,34-37H2,1-2H3/b19-12-,25-23+,28-24-,33-29-/t38?,39-/m1/s1. The molecular weight excluding hydrogens is 588 g/mol. The van der Waals surface area contributed by atoms with Gasteiger partial charge in [0.15, 0.2) is 0 Å². The number of aliphatic hydroxyl groups is 2. The molecule has 0 aliphatic carbocycles. The van der Waals surface area contributed by atoms with Gasteiger partial charge in [-0.15, -0.1) is 0 Å². The highest BCUT2D eigenvalue weighted by Crippen LogP contribution is 2.14. The minimum absolute atomic E-state index is 0.155. The van der Waals surface area contributed by atoms with Crippen LogP contribution in [0, 0.1) is 0 Å². The number of carbonyl (C=O) groups is 2. The van der Waals surface area contributed by atoms with Gasteiger partial charge in [-0.3, -0.25) is 9.59 Å². The van der Waals surface area contributed by atoms with Crippen molar-refractivity contribution in [1.29, 1.82) is 0 Å². The molecule has 1 unspecified atom stereocenters. The Labute approximate surface area is 289 Å². The maximum Gasteiger partial charge on any atom is 0.305 e. The topological polar surface area (TPSA) is 93.1 Å². The van der Waals surface area contributed by atoms with E-state index in [2.05, 4.69) is 32.1 Å². The summed E-state index contributed by atoms with van der Waals surface area (Å²) in [5.41, 5.74) is 0. The van der Waals surface area contributed by atoms with Gasteiger partial charge in [0.1, 0.15) is 19.3 Å². The van der Waals surface area contributed by atoms with Crippen LogP contribution in [0.3, 0.4) is 0 Å². The number of unbranched alkanes of at least 4 members (excludes halogenated alkanes) is 18. The first-order chi connectivity index (χ1) is 23.0. The van der Waals surface area contributed by atoms with E-state index in [1.807, 2.05) is 24.3 Å². The summed E-state index contributed by atoms with van der Waals surface area (Å²) in [5, 5.41) is 20.0. The zero-order valence-electron chi connectivity index (χ0n) is 30.4. The molecule has 0 aliphatic rings. The van der Waals surface area contributed by atoms with Gasteiger partial charge in [-0.1, -0.05) is 165 Å². The van der Waals surface area contributed by atoms with Gasteiger partial charge in [-0.25, -0.2) is 0 Å². The van der Waals surface area contributed by atoms with Crippen molar-refractivity contribution in [2.24, 2.45) is 0 Å². The van der Waals surface area contributed by atoms with E-state index in [4.69, 9.17) is 9.47 Å². The Kier molecular flexibility index (Phi) is 35.0. The lowest BCUT2D eigenvalue weighted by molar-refractivity contribution is -0.152. The molecule has 0 saturated carbocycles. The molecule has 0 heterocycles. The minimum atomic E-state index is -1.01. The van der Waals surface area contributed by atoms with Crippen molar-refractivity contribution in [3.8, 4) is 0 Å². The number of esters is 2. The fourth-order valence-electron chi connectivity index (χ4n) is 5.16. The van der Waals surface area contributed by atoms with E-state index in [0.717, 1.165) is 32.1 Å². The summed E-state index contributed by atoms with van der Waals surface area (Å²) < 4.78 is 10.2. The smallest absolute Gasteiger partial charge is 0.305 e. The van der Waals surface area contributed by atoms with Gasteiger partial charge in [-0.2, -0.15) is 0 Å². The van der Waals surface area contributed by atoms with E-state index in [1.54, 1.807) is 6.08 Å². The molecule has 0 radical (unpaired) electrons. The van der Waals surface area contributed by atoms with E-state index >= 15 is 0 Å². The highest BCUT2D eigenvalue weighted by atomic mass is 16.6. The van der Waals surface area contributed by atoms with Gasteiger partial charge < -0.3 is 19.7 Å². The molecular formula is C41H72O6. The zero-order valence-corrected chi connectivity index (χ0v) is 30.4. The third-order valence-electron chi connectivity index (χ3n) is 8.15. The fraction of sp³-hybridized carbons (Fsp3) is 0.756. The zero-order chi connectivity index (χ0) is 34.5. The van der Waals surface area contributed by atoms with Crippen LogP contribution in [0.15, 0.2) is 48.6 Å². The monoisotopic (exact) mass is 661 g/mol. The van der Waals surface area contributed by atoms with Crippen molar-refractivity contribution in [3.63, 3.8) is 0 Å². The maximum absolute atomic E-state index is 12.0. The predicted octanol–water partition coefficient (Wildman–Crippen LogP) is 10.8. The molecule has 0 aromatic carbocycles. The Bertz CT molecular complexity index is 815. The second kappa shape index (κ2) is 36.7. The van der Waals surface area contributed by atoms with Crippen LogP contribution in [0.5, 0.6) is 0 Å². The molecule has 47 heavy (non-hydrogen) atoms. The second-order valence-corrected chi connectivity index (χ2v) is 12.9. The second-order valence-electron chi connectivity index (χ2n) is 12.9. The molecule has 2 atom stereocenters. The Morgan fingerprint density at radius 1 is 0.532 bits per heavy atom. The molecule has 0 rings (SSSR count). The molecule has 272 valence electrons. The molecule has 6 heteroatoms. The first-order valence-corrected chi connectivity index (χ1v) is 19.3. The molecule has 2 N–H and O–H groups in total. The number of hydrogen-bond acceptors (Lipinski definition) is 6. The first kappa shape index (κ1) is 44.8. The van der Waals surface area contributed by atoms with E-state index in [9.17, 15) is 19.8 Å². The van der Waals surface area contributed by atoms with Gasteiger partial charge in [0, 0.05) is 12.8 Å². The molecule has 0 spiro atoms. The van der Waals surface area contributed by atoms with E-state index in [1.165, 1.54) is 96.3 Å². The van der Waals surface area contributed by atoms with Crippen LogP contribution in [0.4, 0.5) is 0 Å². The number of aliphatic hydroxyl groups excluding tert-OH is 2. The summed E-state index contributed by atoms with van der Waals surface area (Å²) in [6.07, 6.45) is 41.9. The summed E-state index contributed by atoms with van der Waals surface area (Å²) in [5.74, 6) is -0.689. The van der Waals surface area contributed by atoms with Gasteiger partial charge in [0.05, 0.1) is 6.10 Å². The third-order valence-corrected chi connectivity index (χ3v) is 8.15. The number of carbonyl (C=O) groups excluding carboxylic acids is 2. The maximum atomic E-state index is 12.0. The van der Waals surface area contributed by atoms with Crippen LogP contribution in [-0.4, -0.2) is 47.6 Å². The van der Waals surface area contributed by atoms with Gasteiger partial charge in [0.2, 0.25) is 0 Å². The lowest BCUT2D eigenvalue weighted by atomic mass is 10.0. The molecule has 0 fully saturated rings. The normalized spacial score (nSPS) is 13.4. The van der Waals surface area contributed by atoms with Crippen molar-refractivity contribution in [2.75, 3.05) is 13.2 Å². The van der Waals surface area contributed by atoms with Crippen LogP contribution in [0.25, 0.3) is 0 Å².